The molecule has 25 heavy (non-hydrogen) atoms. The van der Waals surface area contributed by atoms with Crippen LogP contribution in [0.1, 0.15) is 41.6 Å². The van der Waals surface area contributed by atoms with Gasteiger partial charge in [0.15, 0.2) is 0 Å². The van der Waals surface area contributed by atoms with Gasteiger partial charge >= 0.3 is 6.18 Å². The van der Waals surface area contributed by atoms with E-state index in [2.05, 4.69) is 10.4 Å². The Kier molecular flexibility index (Phi) is 5.11. The summed E-state index contributed by atoms with van der Waals surface area (Å²) in [4.78, 5) is 12.3. The molecule has 0 bridgehead atoms. The van der Waals surface area contributed by atoms with Crippen LogP contribution in [-0.2, 0) is 6.54 Å². The van der Waals surface area contributed by atoms with E-state index in [1.54, 1.807) is 23.0 Å². The molecule has 2 unspecified atom stereocenters. The van der Waals surface area contributed by atoms with E-state index in [1.807, 2.05) is 24.4 Å². The molecule has 1 amide bonds. The van der Waals surface area contributed by atoms with Crippen molar-refractivity contribution in [3.8, 4) is 0 Å². The summed E-state index contributed by atoms with van der Waals surface area (Å²) in [5, 5.41) is 6.86. The number of hydrogen-bond donors (Lipinski definition) is 1. The molecule has 0 aliphatic heterocycles. The van der Waals surface area contributed by atoms with E-state index in [9.17, 15) is 18.0 Å². The first kappa shape index (κ1) is 17.5. The molecule has 0 radical (unpaired) electrons. The number of carbonyl (C=O) groups excluding carboxylic acids is 1. The van der Waals surface area contributed by atoms with Gasteiger partial charge in [-0.05, 0) is 43.0 Å². The van der Waals surface area contributed by atoms with Crippen LogP contribution in [0, 0.1) is 5.92 Å². The summed E-state index contributed by atoms with van der Waals surface area (Å²) < 4.78 is 40.3. The lowest BCUT2D eigenvalue weighted by atomic mass is 9.85. The molecule has 2 aromatic rings. The SMILES string of the molecule is O=C(NC1CCCC(C(F)(F)F)C1)c1ccc(Cn2cccn2)cc1. The summed E-state index contributed by atoms with van der Waals surface area (Å²) in [6, 6.07) is 8.46. The number of rotatable bonds is 4. The third kappa shape index (κ3) is 4.61. The zero-order chi connectivity index (χ0) is 17.9. The predicted molar refractivity (Wildman–Crippen MR) is 87.0 cm³/mol. The number of carbonyl (C=O) groups is 1. The van der Waals surface area contributed by atoms with Crippen LogP contribution in [-0.4, -0.2) is 27.9 Å². The number of benzene rings is 1. The van der Waals surface area contributed by atoms with Gasteiger partial charge in [-0.2, -0.15) is 18.3 Å². The first-order chi connectivity index (χ1) is 11.9. The van der Waals surface area contributed by atoms with Crippen molar-refractivity contribution in [2.75, 3.05) is 0 Å². The van der Waals surface area contributed by atoms with E-state index in [0.29, 0.717) is 24.9 Å². The average Bonchev–Trinajstić information content (AvgIpc) is 3.08. The monoisotopic (exact) mass is 351 g/mol. The summed E-state index contributed by atoms with van der Waals surface area (Å²) in [5.74, 6) is -1.64. The largest absolute Gasteiger partial charge is 0.391 e. The van der Waals surface area contributed by atoms with Crippen molar-refractivity contribution < 1.29 is 18.0 Å². The molecule has 3 rings (SSSR count). The van der Waals surface area contributed by atoms with E-state index in [0.717, 1.165) is 5.56 Å². The third-order valence-corrected chi connectivity index (χ3v) is 4.59. The molecule has 2 atom stereocenters. The summed E-state index contributed by atoms with van der Waals surface area (Å²) in [6.07, 6.45) is 0.552. The second kappa shape index (κ2) is 7.29. The van der Waals surface area contributed by atoms with Crippen LogP contribution >= 0.6 is 0 Å². The molecular weight excluding hydrogens is 331 g/mol. The molecule has 1 aliphatic carbocycles. The van der Waals surface area contributed by atoms with Gasteiger partial charge in [0.25, 0.3) is 5.91 Å². The molecule has 1 fully saturated rings. The summed E-state index contributed by atoms with van der Waals surface area (Å²) >= 11 is 0. The van der Waals surface area contributed by atoms with Crippen molar-refractivity contribution in [3.63, 3.8) is 0 Å². The van der Waals surface area contributed by atoms with E-state index in [4.69, 9.17) is 0 Å². The Morgan fingerprint density at radius 3 is 2.64 bits per heavy atom. The number of alkyl halides is 3. The van der Waals surface area contributed by atoms with Crippen LogP contribution in [0.4, 0.5) is 13.2 Å². The summed E-state index contributed by atoms with van der Waals surface area (Å²) in [7, 11) is 0. The Balaban J connectivity index is 1.57. The van der Waals surface area contributed by atoms with Gasteiger partial charge in [0.2, 0.25) is 0 Å². The van der Waals surface area contributed by atoms with E-state index in [1.165, 1.54) is 0 Å². The number of halogens is 3. The number of amides is 1. The van der Waals surface area contributed by atoms with Gasteiger partial charge in [0, 0.05) is 24.0 Å². The summed E-state index contributed by atoms with van der Waals surface area (Å²) in [6.45, 7) is 0.602. The van der Waals surface area contributed by atoms with E-state index in [-0.39, 0.29) is 18.7 Å². The molecule has 1 aromatic heterocycles. The lowest BCUT2D eigenvalue weighted by Crippen LogP contribution is -2.41. The van der Waals surface area contributed by atoms with E-state index < -0.39 is 18.1 Å². The average molecular weight is 351 g/mol. The fourth-order valence-corrected chi connectivity index (χ4v) is 3.23. The minimum absolute atomic E-state index is 0.0351. The molecule has 0 saturated heterocycles. The smallest absolute Gasteiger partial charge is 0.349 e. The van der Waals surface area contributed by atoms with Crippen molar-refractivity contribution >= 4 is 5.91 Å². The predicted octanol–water partition coefficient (Wildman–Crippen LogP) is 3.78. The van der Waals surface area contributed by atoms with Gasteiger partial charge in [0.05, 0.1) is 12.5 Å². The maximum Gasteiger partial charge on any atom is 0.391 e. The normalized spacial score (nSPS) is 21.1. The van der Waals surface area contributed by atoms with Crippen LogP contribution in [0.3, 0.4) is 0 Å². The van der Waals surface area contributed by atoms with Gasteiger partial charge in [-0.1, -0.05) is 18.6 Å². The Morgan fingerprint density at radius 1 is 1.24 bits per heavy atom. The number of aromatic nitrogens is 2. The Morgan fingerprint density at radius 2 is 2.00 bits per heavy atom. The van der Waals surface area contributed by atoms with Gasteiger partial charge in [-0.3, -0.25) is 9.48 Å². The van der Waals surface area contributed by atoms with Crippen molar-refractivity contribution in [1.82, 2.24) is 15.1 Å². The minimum Gasteiger partial charge on any atom is -0.349 e. The van der Waals surface area contributed by atoms with Crippen molar-refractivity contribution in [1.29, 1.82) is 0 Å². The lowest BCUT2D eigenvalue weighted by Gasteiger charge is -2.31. The first-order valence-corrected chi connectivity index (χ1v) is 8.36. The van der Waals surface area contributed by atoms with Crippen molar-refractivity contribution in [2.45, 2.75) is 44.4 Å². The molecule has 1 aromatic carbocycles. The van der Waals surface area contributed by atoms with Crippen LogP contribution in [0.15, 0.2) is 42.7 Å². The Bertz CT molecular complexity index is 695. The van der Waals surface area contributed by atoms with E-state index >= 15 is 0 Å². The lowest BCUT2D eigenvalue weighted by molar-refractivity contribution is -0.183. The third-order valence-electron chi connectivity index (χ3n) is 4.59. The molecule has 1 N–H and O–H groups in total. The molecular formula is C18H20F3N3O. The molecule has 134 valence electrons. The first-order valence-electron chi connectivity index (χ1n) is 8.36. The quantitative estimate of drug-likeness (QED) is 0.911. The number of nitrogens with zero attached hydrogens (tertiary/aromatic N) is 2. The summed E-state index contributed by atoms with van der Waals surface area (Å²) in [5.41, 5.74) is 1.45. The van der Waals surface area contributed by atoms with Crippen LogP contribution in [0.2, 0.25) is 0 Å². The molecule has 1 aliphatic rings. The molecule has 1 heterocycles. The van der Waals surface area contributed by atoms with Crippen molar-refractivity contribution in [3.05, 3.63) is 53.9 Å². The van der Waals surface area contributed by atoms with Crippen LogP contribution in [0.5, 0.6) is 0 Å². The highest BCUT2D eigenvalue weighted by Gasteiger charge is 2.42. The standard InChI is InChI=1S/C18H20F3N3O/c19-18(20,21)15-3-1-4-16(11-15)23-17(25)14-7-5-13(6-8-14)12-24-10-2-9-22-24/h2,5-10,15-16H,1,3-4,11-12H2,(H,23,25). The van der Waals surface area contributed by atoms with Gasteiger partial charge in [0.1, 0.15) is 0 Å². The molecule has 4 nitrogen and oxygen atoms in total. The maximum atomic E-state index is 12.9. The highest BCUT2D eigenvalue weighted by molar-refractivity contribution is 5.94. The van der Waals surface area contributed by atoms with Gasteiger partial charge in [-0.25, -0.2) is 0 Å². The fourth-order valence-electron chi connectivity index (χ4n) is 3.23. The van der Waals surface area contributed by atoms with Gasteiger partial charge < -0.3 is 5.32 Å². The zero-order valence-corrected chi connectivity index (χ0v) is 13.7. The molecule has 1 saturated carbocycles. The number of nitrogens with one attached hydrogen (secondary N) is 1. The maximum absolute atomic E-state index is 12.9. The van der Waals surface area contributed by atoms with Gasteiger partial charge in [-0.15, -0.1) is 0 Å². The number of hydrogen-bond acceptors (Lipinski definition) is 2. The second-order valence-corrected chi connectivity index (χ2v) is 6.48. The minimum atomic E-state index is -4.18. The zero-order valence-electron chi connectivity index (χ0n) is 13.7. The topological polar surface area (TPSA) is 46.9 Å². The second-order valence-electron chi connectivity index (χ2n) is 6.48. The Hall–Kier alpha value is -2.31. The van der Waals surface area contributed by atoms with Crippen LogP contribution < -0.4 is 5.32 Å². The fraction of sp³-hybridized carbons (Fsp3) is 0.444. The molecule has 7 heteroatoms. The highest BCUT2D eigenvalue weighted by Crippen LogP contribution is 2.37. The Labute approximate surface area is 144 Å². The highest BCUT2D eigenvalue weighted by atomic mass is 19.4. The van der Waals surface area contributed by atoms with Crippen LogP contribution in [0.25, 0.3) is 0 Å². The molecule has 0 spiro atoms. The van der Waals surface area contributed by atoms with Crippen molar-refractivity contribution in [2.24, 2.45) is 5.92 Å².